The van der Waals surface area contributed by atoms with Crippen LogP contribution in [0.2, 0.25) is 4.34 Å². The van der Waals surface area contributed by atoms with Crippen molar-refractivity contribution in [1.82, 2.24) is 5.32 Å². The van der Waals surface area contributed by atoms with E-state index in [-0.39, 0.29) is 5.41 Å². The fraction of sp³-hybridized carbons (Fsp3) is 0.278. The fourth-order valence-electron chi connectivity index (χ4n) is 1.98. The SMILES string of the molecule is CC(C)(C)c1ccc(C(=O)NC(=O)COC(=O)c2ccc(Cl)s2)cc1. The molecule has 0 saturated carbocycles. The van der Waals surface area contributed by atoms with E-state index in [2.05, 4.69) is 26.1 Å². The van der Waals surface area contributed by atoms with Gasteiger partial charge in [-0.05, 0) is 35.2 Å². The Balaban J connectivity index is 1.87. The van der Waals surface area contributed by atoms with E-state index in [1.165, 1.54) is 6.07 Å². The van der Waals surface area contributed by atoms with Crippen molar-refractivity contribution in [1.29, 1.82) is 0 Å². The molecular formula is C18H18ClNO4S. The van der Waals surface area contributed by atoms with Crippen molar-refractivity contribution in [2.75, 3.05) is 6.61 Å². The maximum atomic E-state index is 12.0. The van der Waals surface area contributed by atoms with E-state index in [0.29, 0.717) is 14.8 Å². The molecule has 2 amide bonds. The number of imide groups is 1. The van der Waals surface area contributed by atoms with Crippen LogP contribution in [0.4, 0.5) is 0 Å². The molecule has 0 aliphatic heterocycles. The van der Waals surface area contributed by atoms with Crippen molar-refractivity contribution >= 4 is 40.7 Å². The molecule has 2 aromatic rings. The van der Waals surface area contributed by atoms with Gasteiger partial charge in [-0.3, -0.25) is 14.9 Å². The molecule has 25 heavy (non-hydrogen) atoms. The highest BCUT2D eigenvalue weighted by molar-refractivity contribution is 7.17. The van der Waals surface area contributed by atoms with Crippen LogP contribution in [0.5, 0.6) is 0 Å². The first-order valence-electron chi connectivity index (χ1n) is 7.54. The number of amides is 2. The summed E-state index contributed by atoms with van der Waals surface area (Å²) in [6, 6.07) is 10.1. The van der Waals surface area contributed by atoms with Crippen LogP contribution in [0.3, 0.4) is 0 Å². The van der Waals surface area contributed by atoms with Crippen molar-refractivity contribution in [2.45, 2.75) is 26.2 Å². The van der Waals surface area contributed by atoms with E-state index in [1.54, 1.807) is 18.2 Å². The maximum Gasteiger partial charge on any atom is 0.348 e. The third-order valence-electron chi connectivity index (χ3n) is 3.37. The number of nitrogens with one attached hydrogen (secondary N) is 1. The van der Waals surface area contributed by atoms with Gasteiger partial charge in [0.1, 0.15) is 4.88 Å². The normalized spacial score (nSPS) is 11.0. The number of hydrogen-bond acceptors (Lipinski definition) is 5. The monoisotopic (exact) mass is 379 g/mol. The average molecular weight is 380 g/mol. The highest BCUT2D eigenvalue weighted by Gasteiger charge is 2.17. The Morgan fingerprint density at radius 3 is 2.24 bits per heavy atom. The largest absolute Gasteiger partial charge is 0.451 e. The summed E-state index contributed by atoms with van der Waals surface area (Å²) in [6.07, 6.45) is 0. The summed E-state index contributed by atoms with van der Waals surface area (Å²) < 4.78 is 5.30. The number of thiophene rings is 1. The minimum Gasteiger partial charge on any atom is -0.451 e. The predicted octanol–water partition coefficient (Wildman–Crippen LogP) is 3.81. The summed E-state index contributed by atoms with van der Waals surface area (Å²) in [5.41, 5.74) is 1.42. The molecule has 2 rings (SSSR count). The highest BCUT2D eigenvalue weighted by Crippen LogP contribution is 2.22. The van der Waals surface area contributed by atoms with Gasteiger partial charge in [0.05, 0.1) is 4.34 Å². The van der Waals surface area contributed by atoms with E-state index in [9.17, 15) is 14.4 Å². The van der Waals surface area contributed by atoms with Crippen LogP contribution in [0.25, 0.3) is 0 Å². The summed E-state index contributed by atoms with van der Waals surface area (Å²) >= 11 is 6.78. The number of carbonyl (C=O) groups excluding carboxylic acids is 3. The van der Waals surface area contributed by atoms with Gasteiger partial charge >= 0.3 is 5.97 Å². The van der Waals surface area contributed by atoms with Gasteiger partial charge < -0.3 is 4.74 Å². The molecule has 1 aromatic heterocycles. The number of halogens is 1. The predicted molar refractivity (Wildman–Crippen MR) is 97.2 cm³/mol. The van der Waals surface area contributed by atoms with Gasteiger partial charge in [0.15, 0.2) is 6.61 Å². The zero-order chi connectivity index (χ0) is 18.6. The van der Waals surface area contributed by atoms with Gasteiger partial charge in [0, 0.05) is 5.56 Å². The molecule has 0 unspecified atom stereocenters. The van der Waals surface area contributed by atoms with Crippen molar-refractivity contribution in [3.63, 3.8) is 0 Å². The van der Waals surface area contributed by atoms with Crippen molar-refractivity contribution in [2.24, 2.45) is 0 Å². The highest BCUT2D eigenvalue weighted by atomic mass is 35.5. The summed E-state index contributed by atoms with van der Waals surface area (Å²) in [6.45, 7) is 5.67. The summed E-state index contributed by atoms with van der Waals surface area (Å²) in [4.78, 5) is 35.8. The topological polar surface area (TPSA) is 72.5 Å². The van der Waals surface area contributed by atoms with Gasteiger partial charge in [-0.15, -0.1) is 11.3 Å². The van der Waals surface area contributed by atoms with E-state index in [0.717, 1.165) is 16.9 Å². The fourth-order valence-corrected chi connectivity index (χ4v) is 2.92. The van der Waals surface area contributed by atoms with Crippen molar-refractivity contribution < 1.29 is 19.1 Å². The molecule has 0 saturated heterocycles. The number of hydrogen-bond donors (Lipinski definition) is 1. The molecule has 0 bridgehead atoms. The molecule has 5 nitrogen and oxygen atoms in total. The maximum absolute atomic E-state index is 12.0. The number of esters is 1. The van der Waals surface area contributed by atoms with Gasteiger partial charge in [-0.2, -0.15) is 0 Å². The molecule has 132 valence electrons. The molecular weight excluding hydrogens is 362 g/mol. The lowest BCUT2D eigenvalue weighted by Gasteiger charge is -2.18. The number of ether oxygens (including phenoxy) is 1. The Bertz CT molecular complexity index is 790. The summed E-state index contributed by atoms with van der Waals surface area (Å²) in [7, 11) is 0. The van der Waals surface area contributed by atoms with E-state index in [1.807, 2.05) is 12.1 Å². The van der Waals surface area contributed by atoms with E-state index < -0.39 is 24.4 Å². The Labute approximate surface area is 154 Å². The molecule has 0 aliphatic rings. The van der Waals surface area contributed by atoms with Crippen LogP contribution < -0.4 is 5.32 Å². The average Bonchev–Trinajstić information content (AvgIpc) is 2.98. The van der Waals surface area contributed by atoms with Crippen molar-refractivity contribution in [3.05, 3.63) is 56.7 Å². The molecule has 1 heterocycles. The Hall–Kier alpha value is -2.18. The second kappa shape index (κ2) is 7.80. The van der Waals surface area contributed by atoms with Gasteiger partial charge in [-0.1, -0.05) is 44.5 Å². The number of rotatable bonds is 4. The van der Waals surface area contributed by atoms with Crippen LogP contribution in [0.1, 0.15) is 46.4 Å². The van der Waals surface area contributed by atoms with Crippen LogP contribution in [0, 0.1) is 0 Å². The smallest absolute Gasteiger partial charge is 0.348 e. The Kier molecular flexibility index (Phi) is 5.98. The first kappa shape index (κ1) is 19.1. The van der Waals surface area contributed by atoms with Crippen molar-refractivity contribution in [3.8, 4) is 0 Å². The lowest BCUT2D eigenvalue weighted by atomic mass is 9.87. The van der Waals surface area contributed by atoms with Crippen LogP contribution in [-0.2, 0) is 14.9 Å². The van der Waals surface area contributed by atoms with Crippen LogP contribution in [-0.4, -0.2) is 24.4 Å². The molecule has 1 N–H and O–H groups in total. The van der Waals surface area contributed by atoms with Gasteiger partial charge in [0.2, 0.25) is 0 Å². The van der Waals surface area contributed by atoms with Gasteiger partial charge in [-0.25, -0.2) is 4.79 Å². The molecule has 7 heteroatoms. The Morgan fingerprint density at radius 2 is 1.72 bits per heavy atom. The molecule has 0 spiro atoms. The minimum atomic E-state index is -0.694. The third kappa shape index (κ3) is 5.41. The first-order chi connectivity index (χ1) is 11.7. The lowest BCUT2D eigenvalue weighted by molar-refractivity contribution is -0.123. The zero-order valence-corrected chi connectivity index (χ0v) is 15.7. The number of benzene rings is 1. The van der Waals surface area contributed by atoms with E-state index in [4.69, 9.17) is 16.3 Å². The molecule has 0 aliphatic carbocycles. The summed E-state index contributed by atoms with van der Waals surface area (Å²) in [5, 5.41) is 2.19. The third-order valence-corrected chi connectivity index (χ3v) is 4.59. The first-order valence-corrected chi connectivity index (χ1v) is 8.73. The Morgan fingerprint density at radius 1 is 1.08 bits per heavy atom. The van der Waals surface area contributed by atoms with E-state index >= 15 is 0 Å². The zero-order valence-electron chi connectivity index (χ0n) is 14.1. The second-order valence-electron chi connectivity index (χ2n) is 6.38. The molecule has 0 radical (unpaired) electrons. The quantitative estimate of drug-likeness (QED) is 0.820. The van der Waals surface area contributed by atoms with Crippen LogP contribution >= 0.6 is 22.9 Å². The van der Waals surface area contributed by atoms with Crippen LogP contribution in [0.15, 0.2) is 36.4 Å². The standard InChI is InChI=1S/C18H18ClNO4S/c1-18(2,3)12-6-4-11(5-7-12)16(22)20-15(21)10-24-17(23)13-8-9-14(19)25-13/h4-9H,10H2,1-3H3,(H,20,21,22). The lowest BCUT2D eigenvalue weighted by Crippen LogP contribution is -2.34. The number of carbonyl (C=O) groups is 3. The van der Waals surface area contributed by atoms with Gasteiger partial charge in [0.25, 0.3) is 11.8 Å². The molecule has 1 aromatic carbocycles. The molecule has 0 fully saturated rings. The molecule has 0 atom stereocenters. The minimum absolute atomic E-state index is 0.0241. The second-order valence-corrected chi connectivity index (χ2v) is 8.10. The summed E-state index contributed by atoms with van der Waals surface area (Å²) in [5.74, 6) is -1.89.